The van der Waals surface area contributed by atoms with Crippen LogP contribution in [0.3, 0.4) is 0 Å². The zero-order valence-electron chi connectivity index (χ0n) is 13.3. The number of aromatic nitrogens is 1. The van der Waals surface area contributed by atoms with Crippen molar-refractivity contribution in [3.63, 3.8) is 0 Å². The molecular weight excluding hydrogens is 282 g/mol. The second-order valence-corrected chi connectivity index (χ2v) is 7.04. The first kappa shape index (κ1) is 15.8. The maximum Gasteiger partial charge on any atom is 0.189 e. The van der Waals surface area contributed by atoms with Crippen LogP contribution in [-0.2, 0) is 6.54 Å². The highest BCUT2D eigenvalue weighted by atomic mass is 32.1. The molecule has 1 heterocycles. The fourth-order valence-electron chi connectivity index (χ4n) is 1.90. The third-order valence-electron chi connectivity index (χ3n) is 3.07. The van der Waals surface area contributed by atoms with Gasteiger partial charge in [-0.05, 0) is 32.9 Å². The summed E-state index contributed by atoms with van der Waals surface area (Å²) in [5, 5.41) is 4.44. The number of nitrogens with zero attached hydrogens (tertiary/aromatic N) is 2. The minimum Gasteiger partial charge on any atom is -0.495 e. The third-order valence-corrected chi connectivity index (χ3v) is 4.14. The third kappa shape index (κ3) is 4.19. The number of ether oxygens (including phenoxy) is 1. The van der Waals surface area contributed by atoms with Gasteiger partial charge in [0.1, 0.15) is 5.75 Å². The van der Waals surface area contributed by atoms with E-state index in [4.69, 9.17) is 4.74 Å². The van der Waals surface area contributed by atoms with Crippen molar-refractivity contribution < 1.29 is 4.74 Å². The molecule has 0 saturated heterocycles. The molecule has 0 fully saturated rings. The predicted molar refractivity (Wildman–Crippen MR) is 89.8 cm³/mol. The first-order valence-corrected chi connectivity index (χ1v) is 7.79. The summed E-state index contributed by atoms with van der Waals surface area (Å²) in [6.45, 7) is 7.32. The molecule has 0 amide bonds. The molecule has 0 aliphatic carbocycles. The van der Waals surface area contributed by atoms with Gasteiger partial charge < -0.3 is 15.0 Å². The van der Waals surface area contributed by atoms with E-state index in [1.165, 1.54) is 4.88 Å². The molecule has 0 spiro atoms. The standard InChI is InChI=1S/C16H23N3OS/c1-16(2,3)18-11-12-10-17-15(21-12)19(4)13-8-6-7-9-14(13)20-5/h6-10,18H,11H2,1-5H3. The first-order valence-electron chi connectivity index (χ1n) is 6.97. The van der Waals surface area contributed by atoms with E-state index in [1.807, 2.05) is 37.5 Å². The minimum absolute atomic E-state index is 0.110. The lowest BCUT2D eigenvalue weighted by Crippen LogP contribution is -2.34. The summed E-state index contributed by atoms with van der Waals surface area (Å²) in [5.41, 5.74) is 1.13. The Morgan fingerprint density at radius 2 is 2.00 bits per heavy atom. The van der Waals surface area contributed by atoms with Gasteiger partial charge in [-0.15, -0.1) is 11.3 Å². The number of benzene rings is 1. The fraction of sp³-hybridized carbons (Fsp3) is 0.438. The minimum atomic E-state index is 0.110. The normalized spacial score (nSPS) is 11.5. The molecule has 1 aromatic carbocycles. The van der Waals surface area contributed by atoms with Gasteiger partial charge in [0.2, 0.25) is 0 Å². The number of rotatable bonds is 5. The summed E-state index contributed by atoms with van der Waals surface area (Å²) in [4.78, 5) is 7.80. The van der Waals surface area contributed by atoms with Crippen molar-refractivity contribution in [3.05, 3.63) is 35.3 Å². The second kappa shape index (κ2) is 6.45. The lowest BCUT2D eigenvalue weighted by atomic mass is 10.1. The Labute approximate surface area is 130 Å². The zero-order chi connectivity index (χ0) is 15.5. The quantitative estimate of drug-likeness (QED) is 0.911. The van der Waals surface area contributed by atoms with Gasteiger partial charge in [0.25, 0.3) is 0 Å². The molecule has 0 radical (unpaired) electrons. The lowest BCUT2D eigenvalue weighted by Gasteiger charge is -2.20. The molecule has 21 heavy (non-hydrogen) atoms. The molecule has 2 aromatic rings. The van der Waals surface area contributed by atoms with E-state index < -0.39 is 0 Å². The highest BCUT2D eigenvalue weighted by Crippen LogP contribution is 2.34. The summed E-state index contributed by atoms with van der Waals surface area (Å²) in [6.07, 6.45) is 1.94. The summed E-state index contributed by atoms with van der Waals surface area (Å²) >= 11 is 1.69. The maximum absolute atomic E-state index is 5.41. The highest BCUT2D eigenvalue weighted by molar-refractivity contribution is 7.15. The SMILES string of the molecule is COc1ccccc1N(C)c1ncc(CNC(C)(C)C)s1. The zero-order valence-corrected chi connectivity index (χ0v) is 14.1. The van der Waals surface area contributed by atoms with Crippen molar-refractivity contribution in [2.24, 2.45) is 0 Å². The molecule has 0 bridgehead atoms. The number of hydrogen-bond acceptors (Lipinski definition) is 5. The van der Waals surface area contributed by atoms with Crippen molar-refractivity contribution in [1.82, 2.24) is 10.3 Å². The van der Waals surface area contributed by atoms with Crippen LogP contribution in [0.4, 0.5) is 10.8 Å². The van der Waals surface area contributed by atoms with Crippen LogP contribution in [0, 0.1) is 0 Å². The highest BCUT2D eigenvalue weighted by Gasteiger charge is 2.14. The molecular formula is C16H23N3OS. The van der Waals surface area contributed by atoms with Crippen LogP contribution in [0.15, 0.2) is 30.5 Å². The Morgan fingerprint density at radius 3 is 2.67 bits per heavy atom. The molecule has 4 nitrogen and oxygen atoms in total. The maximum atomic E-state index is 5.41. The Bertz CT molecular complexity index is 589. The van der Waals surface area contributed by atoms with Crippen LogP contribution < -0.4 is 15.0 Å². The number of methoxy groups -OCH3 is 1. The molecule has 0 aliphatic rings. The summed E-state index contributed by atoms with van der Waals surface area (Å²) in [6, 6.07) is 7.97. The molecule has 5 heteroatoms. The smallest absolute Gasteiger partial charge is 0.189 e. The van der Waals surface area contributed by atoms with E-state index >= 15 is 0 Å². The van der Waals surface area contributed by atoms with E-state index in [9.17, 15) is 0 Å². The van der Waals surface area contributed by atoms with E-state index in [0.717, 1.165) is 23.1 Å². The average molecular weight is 305 g/mol. The number of para-hydroxylation sites is 2. The summed E-state index contributed by atoms with van der Waals surface area (Å²) in [5.74, 6) is 0.851. The van der Waals surface area contributed by atoms with Crippen molar-refractivity contribution >= 4 is 22.2 Å². The van der Waals surface area contributed by atoms with E-state index in [2.05, 4.69) is 36.0 Å². The monoisotopic (exact) mass is 305 g/mol. The Morgan fingerprint density at radius 1 is 1.29 bits per heavy atom. The summed E-state index contributed by atoms with van der Waals surface area (Å²) < 4.78 is 5.41. The molecule has 1 aromatic heterocycles. The largest absolute Gasteiger partial charge is 0.495 e. The van der Waals surface area contributed by atoms with Crippen LogP contribution in [0.2, 0.25) is 0 Å². The van der Waals surface area contributed by atoms with Crippen molar-refractivity contribution in [3.8, 4) is 5.75 Å². The van der Waals surface area contributed by atoms with Crippen molar-refractivity contribution in [1.29, 1.82) is 0 Å². The number of thiazole rings is 1. The van der Waals surface area contributed by atoms with Crippen molar-refractivity contribution in [2.45, 2.75) is 32.9 Å². The van der Waals surface area contributed by atoms with Gasteiger partial charge in [0, 0.05) is 30.2 Å². The molecule has 2 rings (SSSR count). The van der Waals surface area contributed by atoms with Gasteiger partial charge in [-0.3, -0.25) is 0 Å². The van der Waals surface area contributed by atoms with Crippen LogP contribution in [0.1, 0.15) is 25.6 Å². The molecule has 0 saturated carbocycles. The van der Waals surface area contributed by atoms with Crippen molar-refractivity contribution in [2.75, 3.05) is 19.1 Å². The van der Waals surface area contributed by atoms with Gasteiger partial charge in [0.05, 0.1) is 12.8 Å². The van der Waals surface area contributed by atoms with E-state index in [1.54, 1.807) is 18.4 Å². The fourth-order valence-corrected chi connectivity index (χ4v) is 2.72. The van der Waals surface area contributed by atoms with Crippen LogP contribution in [-0.4, -0.2) is 24.7 Å². The molecule has 0 unspecified atom stereocenters. The Kier molecular flexibility index (Phi) is 4.85. The van der Waals surface area contributed by atoms with Gasteiger partial charge in [-0.2, -0.15) is 0 Å². The van der Waals surface area contributed by atoms with Crippen LogP contribution in [0.5, 0.6) is 5.75 Å². The topological polar surface area (TPSA) is 37.4 Å². The Hall–Kier alpha value is -1.59. The predicted octanol–water partition coefficient (Wildman–Crippen LogP) is 3.81. The van der Waals surface area contributed by atoms with Crippen LogP contribution >= 0.6 is 11.3 Å². The number of anilines is 2. The first-order chi connectivity index (χ1) is 9.90. The molecule has 114 valence electrons. The summed E-state index contributed by atoms with van der Waals surface area (Å²) in [7, 11) is 3.70. The van der Waals surface area contributed by atoms with Gasteiger partial charge in [0.15, 0.2) is 5.13 Å². The second-order valence-electron chi connectivity index (χ2n) is 5.94. The van der Waals surface area contributed by atoms with Crippen LogP contribution in [0.25, 0.3) is 0 Å². The van der Waals surface area contributed by atoms with E-state index in [-0.39, 0.29) is 5.54 Å². The van der Waals surface area contributed by atoms with Gasteiger partial charge in [-0.25, -0.2) is 4.98 Å². The molecule has 1 N–H and O–H groups in total. The van der Waals surface area contributed by atoms with Gasteiger partial charge in [-0.1, -0.05) is 12.1 Å². The van der Waals surface area contributed by atoms with E-state index in [0.29, 0.717) is 0 Å². The Balaban J connectivity index is 2.13. The number of nitrogens with one attached hydrogen (secondary N) is 1. The van der Waals surface area contributed by atoms with Gasteiger partial charge >= 0.3 is 0 Å². The molecule has 0 aliphatic heterocycles. The molecule has 0 atom stereocenters. The average Bonchev–Trinajstić information content (AvgIpc) is 2.92. The lowest BCUT2D eigenvalue weighted by molar-refractivity contribution is 0.415. The number of hydrogen-bond donors (Lipinski definition) is 1.